The van der Waals surface area contributed by atoms with Crippen LogP contribution in [0.15, 0.2) is 0 Å². The van der Waals surface area contributed by atoms with Gasteiger partial charge in [0.25, 0.3) is 0 Å². The smallest absolute Gasteiger partial charge is 0 e. The molecule has 0 heterocycles. The van der Waals surface area contributed by atoms with Gasteiger partial charge in [-0.2, -0.15) is 0 Å². The molecule has 0 aromatic carbocycles. The van der Waals surface area contributed by atoms with Gasteiger partial charge < -0.3 is 12.3 Å². The third kappa shape index (κ3) is 990. The van der Waals surface area contributed by atoms with E-state index in [0.29, 0.717) is 0 Å². The zero-order valence-electron chi connectivity index (χ0n) is 11.0. The molecule has 1 radical (unpaired) electrons. The van der Waals surface area contributed by atoms with E-state index in [4.69, 9.17) is 0 Å². The van der Waals surface area contributed by atoms with E-state index in [1.807, 2.05) is 67.6 Å². The van der Waals surface area contributed by atoms with E-state index in [1.165, 1.54) is 0 Å². The zero-order chi connectivity index (χ0) is 9.58. The van der Waals surface area contributed by atoms with Gasteiger partial charge in [0.15, 0.2) is 0 Å². The molecule has 0 fully saturated rings. The molecule has 2 heteroatoms. The van der Waals surface area contributed by atoms with Crippen LogP contribution < -0.4 is 0 Å². The first-order valence-corrected chi connectivity index (χ1v) is 4.34. The summed E-state index contributed by atoms with van der Waals surface area (Å²) >= 11 is 0. The van der Waals surface area contributed by atoms with Gasteiger partial charge in [-0.25, -0.2) is 0 Å². The first-order chi connectivity index (χ1) is 4.73. The quantitative estimate of drug-likeness (QED) is 0.595. The molecule has 0 aliphatic heterocycles. The number of hydrogen-bond acceptors (Lipinski definition) is 1. The Hall–Kier alpha value is 1.06. The van der Waals surface area contributed by atoms with Crippen molar-refractivity contribution in [1.29, 1.82) is 0 Å². The molecule has 0 aliphatic carbocycles. The molecular weight excluding hydrogens is 223 g/mol. The van der Waals surface area contributed by atoms with Crippen molar-refractivity contribution in [1.82, 2.24) is 4.90 Å². The topological polar surface area (TPSA) is 3.24 Å². The summed E-state index contributed by atoms with van der Waals surface area (Å²) in [5, 5.41) is 0. The summed E-state index contributed by atoms with van der Waals surface area (Å²) in [5.74, 6) is 0. The molecule has 0 amide bonds. The van der Waals surface area contributed by atoms with Crippen LogP contribution in [0.1, 0.15) is 41.5 Å². The third-order valence-corrected chi connectivity index (χ3v) is 0. The molecule has 0 saturated carbocycles. The summed E-state index contributed by atoms with van der Waals surface area (Å²) in [7, 11) is 6.00. The maximum atomic E-state index is 2.00. The minimum Gasteiger partial charge on any atom is -0.358 e. The van der Waals surface area contributed by atoms with Crippen LogP contribution in [0.25, 0.3) is 0 Å². The summed E-state index contributed by atoms with van der Waals surface area (Å²) in [5.41, 5.74) is 0. The molecule has 0 saturated heterocycles. The molecule has 0 bridgehead atoms. The number of rotatable bonds is 0. The van der Waals surface area contributed by atoms with E-state index in [-0.39, 0.29) is 40.1 Å². The second-order valence-electron chi connectivity index (χ2n) is 1.34. The summed E-state index contributed by atoms with van der Waals surface area (Å²) < 4.78 is 0. The van der Waals surface area contributed by atoms with Crippen LogP contribution in [0, 0.1) is 7.43 Å². The van der Waals surface area contributed by atoms with Gasteiger partial charge in [0.05, 0.1) is 0 Å². The molecule has 0 unspecified atom stereocenters. The minimum atomic E-state index is 0. The van der Waals surface area contributed by atoms with Crippen molar-refractivity contribution in [3.05, 3.63) is 7.43 Å². The fourth-order valence-corrected chi connectivity index (χ4v) is 0. The summed E-state index contributed by atoms with van der Waals surface area (Å²) in [6.07, 6.45) is 0. The van der Waals surface area contributed by atoms with Crippen LogP contribution >= 0.6 is 0 Å². The Morgan fingerprint density at radius 1 is 0.583 bits per heavy atom. The van der Waals surface area contributed by atoms with E-state index in [1.54, 1.807) is 0 Å². The molecule has 0 aliphatic rings. The molecule has 0 aromatic rings. The first-order valence-electron chi connectivity index (χ1n) is 4.34. The largest absolute Gasteiger partial charge is 0.358 e. The minimum absolute atomic E-state index is 0. The van der Waals surface area contributed by atoms with E-state index < -0.39 is 0 Å². The standard InChI is InChI=1S/C3H9N.3C2H6.CH3.Y/c1-4(2)3;3*1-2;;/h1-3H3;3*1-2H3;1H3;/q;;;;-1;. The zero-order valence-corrected chi connectivity index (χ0v) is 13.9. The Bertz CT molecular complexity index is 14.6. The van der Waals surface area contributed by atoms with Crippen molar-refractivity contribution in [2.45, 2.75) is 41.5 Å². The Morgan fingerprint density at radius 2 is 0.583 bits per heavy atom. The first kappa shape index (κ1) is 38.1. The second kappa shape index (κ2) is 89.4. The van der Waals surface area contributed by atoms with Gasteiger partial charge >= 0.3 is 0 Å². The van der Waals surface area contributed by atoms with Crippen molar-refractivity contribution in [2.24, 2.45) is 0 Å². The average Bonchev–Trinajstić information content (AvgIpc) is 1.98. The fraction of sp³-hybridized carbons (Fsp3) is 0.900. The number of hydrogen-bond donors (Lipinski definition) is 0. The van der Waals surface area contributed by atoms with Crippen LogP contribution in [-0.4, -0.2) is 26.0 Å². The molecule has 12 heavy (non-hydrogen) atoms. The van der Waals surface area contributed by atoms with Crippen molar-refractivity contribution in [3.63, 3.8) is 0 Å². The van der Waals surface area contributed by atoms with Crippen LogP contribution in [0.3, 0.4) is 0 Å². The Morgan fingerprint density at radius 3 is 0.583 bits per heavy atom. The van der Waals surface area contributed by atoms with Crippen LogP contribution in [0.4, 0.5) is 0 Å². The van der Waals surface area contributed by atoms with Gasteiger partial charge in [0.2, 0.25) is 0 Å². The second-order valence-corrected chi connectivity index (χ2v) is 1.34. The predicted octanol–water partition coefficient (Wildman–Crippen LogP) is 3.70. The van der Waals surface area contributed by atoms with Crippen LogP contribution in [0.5, 0.6) is 0 Å². The molecule has 0 aromatic heterocycles. The third-order valence-electron chi connectivity index (χ3n) is 0. The van der Waals surface area contributed by atoms with Crippen LogP contribution in [0.2, 0.25) is 0 Å². The molecule has 0 spiro atoms. The van der Waals surface area contributed by atoms with Gasteiger partial charge in [-0.3, -0.25) is 0 Å². The van der Waals surface area contributed by atoms with E-state index in [2.05, 4.69) is 0 Å². The Kier molecular flexibility index (Phi) is 284. The van der Waals surface area contributed by atoms with E-state index in [0.717, 1.165) is 0 Å². The van der Waals surface area contributed by atoms with Gasteiger partial charge in [-0.1, -0.05) is 41.5 Å². The van der Waals surface area contributed by atoms with Gasteiger partial charge in [-0.15, -0.1) is 0 Å². The molecule has 79 valence electrons. The maximum absolute atomic E-state index is 2.00. The molecule has 1 nitrogen and oxygen atoms in total. The normalized spacial score (nSPS) is 4.50. The Labute approximate surface area is 107 Å². The maximum Gasteiger partial charge on any atom is 0 e. The van der Waals surface area contributed by atoms with Gasteiger partial charge in [-0.05, 0) is 21.1 Å². The molecule has 0 atom stereocenters. The molecule has 0 N–H and O–H groups in total. The monoisotopic (exact) mass is 253 g/mol. The Balaban J connectivity index is -0.0000000101. The average molecular weight is 253 g/mol. The van der Waals surface area contributed by atoms with Gasteiger partial charge in [0, 0.05) is 32.7 Å². The van der Waals surface area contributed by atoms with Crippen LogP contribution in [-0.2, 0) is 32.7 Å². The van der Waals surface area contributed by atoms with E-state index in [9.17, 15) is 0 Å². The van der Waals surface area contributed by atoms with Crippen molar-refractivity contribution in [3.8, 4) is 0 Å². The fourth-order valence-electron chi connectivity index (χ4n) is 0. The summed E-state index contributed by atoms with van der Waals surface area (Å²) in [4.78, 5) is 2.00. The number of nitrogens with zero attached hydrogens (tertiary/aromatic N) is 1. The SMILES string of the molecule is CC.CC.CC.CN(C)C.[CH3-].[Y]. The van der Waals surface area contributed by atoms with Crippen molar-refractivity contribution >= 4 is 0 Å². The molecular formula is C10H30NY-. The van der Waals surface area contributed by atoms with Crippen molar-refractivity contribution < 1.29 is 32.7 Å². The summed E-state index contributed by atoms with van der Waals surface area (Å²) in [6, 6.07) is 0. The van der Waals surface area contributed by atoms with Crippen molar-refractivity contribution in [2.75, 3.05) is 21.1 Å². The predicted molar refractivity (Wildman–Crippen MR) is 60.1 cm³/mol. The summed E-state index contributed by atoms with van der Waals surface area (Å²) in [6.45, 7) is 12.0. The molecule has 0 rings (SSSR count). The van der Waals surface area contributed by atoms with Gasteiger partial charge in [0.1, 0.15) is 0 Å². The van der Waals surface area contributed by atoms with E-state index >= 15 is 0 Å².